The first-order chi connectivity index (χ1) is 17.6. The first-order valence-corrected chi connectivity index (χ1v) is 10.9. The molecule has 1 saturated carbocycles. The van der Waals surface area contributed by atoms with Crippen molar-refractivity contribution in [3.8, 4) is 5.75 Å². The first-order valence-electron chi connectivity index (χ1n) is 10.9. The van der Waals surface area contributed by atoms with Crippen LogP contribution in [-0.2, 0) is 17.1 Å². The summed E-state index contributed by atoms with van der Waals surface area (Å²) in [6.07, 6.45) is -9.83. The minimum atomic E-state index is -5.38. The lowest BCUT2D eigenvalue weighted by molar-refractivity contribution is -0.143. The SMILES string of the molecule is CN(C(=O)Oc1c(/C(C=NC2CC(C(N)=O)C2)=C/N)cc(C(F)(F)F)cc1C(F)(F)F)c1ccc(F)cc1. The number of hydrogen-bond acceptors (Lipinski definition) is 5. The number of nitrogens with zero attached hydrogens (tertiary/aromatic N) is 2. The summed E-state index contributed by atoms with van der Waals surface area (Å²) in [4.78, 5) is 28.7. The quantitative estimate of drug-likeness (QED) is 0.387. The van der Waals surface area contributed by atoms with Crippen molar-refractivity contribution in [2.45, 2.75) is 31.2 Å². The van der Waals surface area contributed by atoms with E-state index < -0.39 is 70.1 Å². The second kappa shape index (κ2) is 10.7. The molecule has 0 spiro atoms. The van der Waals surface area contributed by atoms with E-state index in [1.165, 1.54) is 0 Å². The van der Waals surface area contributed by atoms with Crippen LogP contribution in [0.1, 0.15) is 29.5 Å². The molecule has 3 rings (SSSR count). The lowest BCUT2D eigenvalue weighted by atomic mass is 9.80. The van der Waals surface area contributed by atoms with Gasteiger partial charge in [-0.2, -0.15) is 26.3 Å². The topological polar surface area (TPSA) is 111 Å². The summed E-state index contributed by atoms with van der Waals surface area (Å²) in [6.45, 7) is 0. The van der Waals surface area contributed by atoms with Gasteiger partial charge in [-0.05, 0) is 49.2 Å². The highest BCUT2D eigenvalue weighted by atomic mass is 19.4. The molecule has 2 aromatic carbocycles. The van der Waals surface area contributed by atoms with Crippen LogP contribution in [0.2, 0.25) is 0 Å². The van der Waals surface area contributed by atoms with E-state index in [1.54, 1.807) is 0 Å². The van der Waals surface area contributed by atoms with E-state index in [2.05, 4.69) is 4.99 Å². The van der Waals surface area contributed by atoms with Gasteiger partial charge in [-0.3, -0.25) is 14.7 Å². The Kier molecular flexibility index (Phi) is 8.03. The molecule has 0 bridgehead atoms. The highest BCUT2D eigenvalue weighted by molar-refractivity contribution is 6.11. The summed E-state index contributed by atoms with van der Waals surface area (Å²) in [6, 6.07) is 3.96. The number of primary amides is 1. The lowest BCUT2D eigenvalue weighted by Gasteiger charge is -2.29. The fourth-order valence-corrected chi connectivity index (χ4v) is 3.58. The number of carbonyl (C=O) groups excluding carboxylic acids is 2. The molecule has 14 heteroatoms. The molecule has 1 fully saturated rings. The molecule has 204 valence electrons. The number of aliphatic imine (C=N–C) groups is 1. The zero-order valence-corrected chi connectivity index (χ0v) is 19.6. The van der Waals surface area contributed by atoms with Crippen molar-refractivity contribution in [3.05, 3.63) is 65.1 Å². The molecule has 0 aliphatic heterocycles. The Bertz CT molecular complexity index is 1270. The highest BCUT2D eigenvalue weighted by Gasteiger charge is 2.42. The van der Waals surface area contributed by atoms with Gasteiger partial charge in [0.05, 0.1) is 17.2 Å². The van der Waals surface area contributed by atoms with Gasteiger partial charge < -0.3 is 16.2 Å². The van der Waals surface area contributed by atoms with Crippen molar-refractivity contribution in [1.29, 1.82) is 0 Å². The molecule has 2 aromatic rings. The van der Waals surface area contributed by atoms with E-state index in [1.807, 2.05) is 0 Å². The van der Waals surface area contributed by atoms with Crippen LogP contribution in [0.5, 0.6) is 5.75 Å². The van der Waals surface area contributed by atoms with Gasteiger partial charge in [0, 0.05) is 42.2 Å². The van der Waals surface area contributed by atoms with Crippen molar-refractivity contribution in [2.75, 3.05) is 11.9 Å². The van der Waals surface area contributed by atoms with E-state index in [9.17, 15) is 40.3 Å². The fraction of sp³-hybridized carbons (Fsp3) is 0.292. The molecule has 7 nitrogen and oxygen atoms in total. The number of anilines is 1. The summed E-state index contributed by atoms with van der Waals surface area (Å²) in [5, 5.41) is 0. The molecule has 38 heavy (non-hydrogen) atoms. The fourth-order valence-electron chi connectivity index (χ4n) is 3.58. The number of carbonyl (C=O) groups is 2. The Morgan fingerprint density at radius 1 is 1.05 bits per heavy atom. The van der Waals surface area contributed by atoms with E-state index in [0.29, 0.717) is 12.3 Å². The molecule has 2 amide bonds. The smallest absolute Gasteiger partial charge is 0.409 e. The molecule has 0 unspecified atom stereocenters. The number of ether oxygens (including phenoxy) is 1. The largest absolute Gasteiger partial charge is 0.420 e. The van der Waals surface area contributed by atoms with Crippen molar-refractivity contribution in [1.82, 2.24) is 0 Å². The van der Waals surface area contributed by atoms with E-state index in [-0.39, 0.29) is 24.6 Å². The third kappa shape index (κ3) is 6.42. The number of alkyl halides is 6. The maximum atomic E-state index is 13.9. The van der Waals surface area contributed by atoms with Crippen LogP contribution >= 0.6 is 0 Å². The van der Waals surface area contributed by atoms with Crippen LogP contribution in [0.3, 0.4) is 0 Å². The minimum Gasteiger partial charge on any atom is -0.409 e. The molecule has 0 saturated heterocycles. The molecule has 0 aromatic heterocycles. The van der Waals surface area contributed by atoms with E-state index in [4.69, 9.17) is 16.2 Å². The summed E-state index contributed by atoms with van der Waals surface area (Å²) in [5.41, 5.74) is 5.99. The summed E-state index contributed by atoms with van der Waals surface area (Å²) < 4.78 is 101. The molecule has 0 radical (unpaired) electrons. The van der Waals surface area contributed by atoms with Crippen LogP contribution in [-0.4, -0.2) is 31.3 Å². The standard InChI is InChI=1S/C24H21F7N4O3/c1-35(17-4-2-15(25)3-5-17)22(37)38-20-18(8-14(23(26,27)28)9-19(20)24(29,30)31)13(10-32)11-34-16-6-12(7-16)21(33)36/h2-5,8-12,16H,6-7,32H2,1H3,(H2,33,36)/b13-10+,34-11?. The second-order valence-electron chi connectivity index (χ2n) is 8.42. The Morgan fingerprint density at radius 2 is 1.66 bits per heavy atom. The molecular weight excluding hydrogens is 525 g/mol. The molecule has 1 aliphatic carbocycles. The van der Waals surface area contributed by atoms with Gasteiger partial charge in [0.25, 0.3) is 0 Å². The minimum absolute atomic E-state index is 0.0311. The number of benzene rings is 2. The van der Waals surface area contributed by atoms with Crippen LogP contribution < -0.4 is 21.1 Å². The van der Waals surface area contributed by atoms with Gasteiger partial charge in [-0.15, -0.1) is 0 Å². The summed E-state index contributed by atoms with van der Waals surface area (Å²) in [7, 11) is 1.11. The predicted molar refractivity (Wildman–Crippen MR) is 124 cm³/mol. The highest BCUT2D eigenvalue weighted by Crippen LogP contribution is 2.44. The van der Waals surface area contributed by atoms with Crippen LogP contribution in [0.25, 0.3) is 5.57 Å². The molecule has 1 aliphatic rings. The molecule has 4 N–H and O–H groups in total. The van der Waals surface area contributed by atoms with Crippen LogP contribution in [0.15, 0.2) is 47.6 Å². The number of amides is 2. The van der Waals surface area contributed by atoms with E-state index in [0.717, 1.165) is 42.4 Å². The van der Waals surface area contributed by atoms with Crippen molar-refractivity contribution in [3.63, 3.8) is 0 Å². The summed E-state index contributed by atoms with van der Waals surface area (Å²) in [5.74, 6) is -2.90. The molecular formula is C24H21F7N4O3. The normalized spacial score (nSPS) is 18.3. The van der Waals surface area contributed by atoms with Gasteiger partial charge in [0.1, 0.15) is 5.82 Å². The second-order valence-corrected chi connectivity index (χ2v) is 8.42. The Hall–Kier alpha value is -4.10. The summed E-state index contributed by atoms with van der Waals surface area (Å²) >= 11 is 0. The third-order valence-electron chi connectivity index (χ3n) is 5.83. The molecule has 0 atom stereocenters. The Labute approximate surface area is 211 Å². The zero-order chi connectivity index (χ0) is 28.4. The van der Waals surface area contributed by atoms with E-state index >= 15 is 0 Å². The van der Waals surface area contributed by atoms with Gasteiger partial charge in [-0.1, -0.05) is 0 Å². The predicted octanol–water partition coefficient (Wildman–Crippen LogP) is 5.13. The third-order valence-corrected chi connectivity index (χ3v) is 5.83. The zero-order valence-electron chi connectivity index (χ0n) is 19.6. The number of allylic oxidation sites excluding steroid dienone is 1. The van der Waals surface area contributed by atoms with Crippen molar-refractivity contribution >= 4 is 29.5 Å². The average molecular weight is 546 g/mol. The Balaban J connectivity index is 2.08. The lowest BCUT2D eigenvalue weighted by Crippen LogP contribution is -2.37. The first kappa shape index (κ1) is 28.5. The van der Waals surface area contributed by atoms with Crippen LogP contribution in [0, 0.1) is 11.7 Å². The molecule has 0 heterocycles. The Morgan fingerprint density at radius 3 is 2.16 bits per heavy atom. The van der Waals surface area contributed by atoms with Crippen molar-refractivity contribution < 1.29 is 45.1 Å². The average Bonchev–Trinajstić information content (AvgIpc) is 2.79. The van der Waals surface area contributed by atoms with Gasteiger partial charge in [0.2, 0.25) is 5.91 Å². The van der Waals surface area contributed by atoms with Crippen LogP contribution in [0.4, 0.5) is 41.2 Å². The number of halogens is 7. The monoisotopic (exact) mass is 546 g/mol. The number of nitrogens with two attached hydrogens (primary N) is 2. The van der Waals surface area contributed by atoms with Gasteiger partial charge >= 0.3 is 18.4 Å². The van der Waals surface area contributed by atoms with Gasteiger partial charge in [0.15, 0.2) is 5.75 Å². The van der Waals surface area contributed by atoms with Crippen molar-refractivity contribution in [2.24, 2.45) is 22.4 Å². The maximum Gasteiger partial charge on any atom is 0.420 e. The number of rotatable bonds is 6. The van der Waals surface area contributed by atoms with Gasteiger partial charge in [-0.25, -0.2) is 9.18 Å². The maximum absolute atomic E-state index is 13.9. The number of hydrogen-bond donors (Lipinski definition) is 2.